The number of halogens is 3. The van der Waals surface area contributed by atoms with Gasteiger partial charge in [0, 0.05) is 0 Å². The number of nitrogens with zero attached hydrogens (tertiary/aromatic N) is 1. The Balaban J connectivity index is 2.70. The predicted molar refractivity (Wildman–Crippen MR) is 94.9 cm³/mol. The van der Waals surface area contributed by atoms with Crippen LogP contribution in [0.1, 0.15) is 13.8 Å². The molecule has 0 radical (unpaired) electrons. The van der Waals surface area contributed by atoms with Crippen LogP contribution in [0.5, 0.6) is 0 Å². The zero-order valence-corrected chi connectivity index (χ0v) is 16.4. The second kappa shape index (κ2) is 8.14. The van der Waals surface area contributed by atoms with E-state index in [1.54, 1.807) is 24.3 Å². The molecular formula is C15H18F3N2O5PS. The number of anilines is 1. The quantitative estimate of drug-likeness (QED) is 0.494. The van der Waals surface area contributed by atoms with Gasteiger partial charge in [0.2, 0.25) is 0 Å². The molecular weight excluding hydrogens is 408 g/mol. The molecule has 1 atom stereocenters. The third-order valence-corrected chi connectivity index (χ3v) is 7.00. The number of nitrogens with one attached hydrogen (secondary N) is 1. The number of hydrogen-bond donors (Lipinski definition) is 1. The lowest BCUT2D eigenvalue weighted by atomic mass is 10.3. The summed E-state index contributed by atoms with van der Waals surface area (Å²) in [7, 11) is -4.35. The van der Waals surface area contributed by atoms with Crippen LogP contribution in [-0.4, -0.2) is 42.7 Å². The molecule has 1 N–H and O–H groups in total. The Morgan fingerprint density at radius 2 is 1.81 bits per heavy atom. The molecule has 1 unspecified atom stereocenters. The molecule has 0 saturated heterocycles. The Kier molecular flexibility index (Phi) is 6.51. The highest BCUT2D eigenvalue weighted by Gasteiger charge is 2.75. The largest absolute Gasteiger partial charge is 0.467 e. The van der Waals surface area contributed by atoms with Gasteiger partial charge in [-0.2, -0.15) is 13.2 Å². The predicted octanol–water partition coefficient (Wildman–Crippen LogP) is 4.41. The number of benzene rings is 1. The van der Waals surface area contributed by atoms with Crippen LogP contribution in [0, 0.1) is 0 Å². The number of thiazole rings is 1. The fraction of sp³-hybridized carbons (Fsp3) is 0.467. The number of para-hydroxylation sites is 1. The van der Waals surface area contributed by atoms with Crippen molar-refractivity contribution in [2.75, 3.05) is 25.6 Å². The maximum atomic E-state index is 14.2. The van der Waals surface area contributed by atoms with Crippen molar-refractivity contribution in [3.05, 3.63) is 24.3 Å². The maximum absolute atomic E-state index is 14.2. The normalized spacial score (nSPS) is 14.7. The average molecular weight is 426 g/mol. The van der Waals surface area contributed by atoms with Crippen LogP contribution in [0.25, 0.3) is 10.2 Å². The van der Waals surface area contributed by atoms with Gasteiger partial charge in [0.05, 0.1) is 30.5 Å². The highest BCUT2D eigenvalue weighted by atomic mass is 32.1. The van der Waals surface area contributed by atoms with E-state index >= 15 is 0 Å². The minimum atomic E-state index is -5.38. The molecule has 0 amide bonds. The van der Waals surface area contributed by atoms with Crippen LogP contribution in [0.15, 0.2) is 24.3 Å². The summed E-state index contributed by atoms with van der Waals surface area (Å²) in [4.78, 5) is 16.4. The highest BCUT2D eigenvalue weighted by Crippen LogP contribution is 2.66. The molecule has 2 aromatic rings. The number of aromatic nitrogens is 1. The summed E-state index contributed by atoms with van der Waals surface area (Å²) in [5.74, 6) is -1.85. The average Bonchev–Trinajstić information content (AvgIpc) is 3.00. The van der Waals surface area contributed by atoms with Gasteiger partial charge in [-0.15, -0.1) is 0 Å². The van der Waals surface area contributed by atoms with Crippen molar-refractivity contribution in [2.24, 2.45) is 0 Å². The molecule has 7 nitrogen and oxygen atoms in total. The van der Waals surface area contributed by atoms with Gasteiger partial charge >= 0.3 is 25.0 Å². The van der Waals surface area contributed by atoms with E-state index in [0.29, 0.717) is 10.2 Å². The van der Waals surface area contributed by atoms with Gasteiger partial charge in [0.1, 0.15) is 0 Å². The molecule has 0 bridgehead atoms. The number of fused-ring (bicyclic) bond motifs is 1. The number of methoxy groups -OCH3 is 1. The lowest BCUT2D eigenvalue weighted by Gasteiger charge is -2.37. The standard InChI is InChI=1S/C15H18F3N2O5PS/c1-4-24-26(22,25-5-2)14(12(21)23-3,15(16,17)18)20-13-19-10-8-6-7-9-11(10)27-13/h6-9H,4-5H2,1-3H3,(H,19,20). The fourth-order valence-corrected chi connectivity index (χ4v) is 5.38. The van der Waals surface area contributed by atoms with E-state index in [-0.39, 0.29) is 18.3 Å². The molecule has 0 aliphatic carbocycles. The monoisotopic (exact) mass is 426 g/mol. The second-order valence-electron chi connectivity index (χ2n) is 5.14. The van der Waals surface area contributed by atoms with Gasteiger partial charge in [-0.3, -0.25) is 4.57 Å². The molecule has 0 aliphatic heterocycles. The molecule has 0 aliphatic rings. The van der Waals surface area contributed by atoms with Crippen molar-refractivity contribution in [2.45, 2.75) is 25.3 Å². The van der Waals surface area contributed by atoms with Crippen LogP contribution in [0.4, 0.5) is 18.3 Å². The summed E-state index contributed by atoms with van der Waals surface area (Å²) in [6.07, 6.45) is -5.38. The van der Waals surface area contributed by atoms with E-state index in [2.05, 4.69) is 9.72 Å². The molecule has 150 valence electrons. The number of rotatable bonds is 8. The molecule has 0 saturated carbocycles. The number of esters is 1. The number of carbonyl (C=O) groups excluding carboxylic acids is 1. The first-order valence-corrected chi connectivity index (χ1v) is 10.2. The van der Waals surface area contributed by atoms with Crippen LogP contribution >= 0.6 is 18.9 Å². The molecule has 1 aromatic carbocycles. The summed E-state index contributed by atoms with van der Waals surface area (Å²) >= 11 is 0.858. The van der Waals surface area contributed by atoms with E-state index in [9.17, 15) is 22.5 Å². The Morgan fingerprint density at radius 3 is 2.30 bits per heavy atom. The third kappa shape index (κ3) is 3.82. The minimum absolute atomic E-state index is 0.279. The van der Waals surface area contributed by atoms with Gasteiger partial charge in [0.25, 0.3) is 0 Å². The molecule has 27 heavy (non-hydrogen) atoms. The summed E-state index contributed by atoms with van der Waals surface area (Å²) in [5.41, 5.74) is 0.411. The molecule has 2 rings (SSSR count). The van der Waals surface area contributed by atoms with Gasteiger partial charge < -0.3 is 19.1 Å². The Bertz CT molecular complexity index is 816. The lowest BCUT2D eigenvalue weighted by molar-refractivity contribution is -0.185. The fourth-order valence-electron chi connectivity index (χ4n) is 2.37. The smallest absolute Gasteiger partial charge is 0.434 e. The zero-order chi connectivity index (χ0) is 20.3. The van der Waals surface area contributed by atoms with E-state index in [1.807, 2.05) is 5.32 Å². The Morgan fingerprint density at radius 1 is 1.22 bits per heavy atom. The first kappa shape index (κ1) is 21.6. The lowest BCUT2D eigenvalue weighted by Crippen LogP contribution is -2.58. The number of carbonyl (C=O) groups is 1. The summed E-state index contributed by atoms with van der Waals surface area (Å²) in [6, 6.07) is 6.59. The molecule has 12 heteroatoms. The second-order valence-corrected chi connectivity index (χ2v) is 8.36. The van der Waals surface area contributed by atoms with Crippen molar-refractivity contribution in [3.8, 4) is 0 Å². The topological polar surface area (TPSA) is 86.8 Å². The zero-order valence-electron chi connectivity index (χ0n) is 14.7. The van der Waals surface area contributed by atoms with Crippen LogP contribution < -0.4 is 5.32 Å². The van der Waals surface area contributed by atoms with Crippen LogP contribution in [0.2, 0.25) is 0 Å². The number of alkyl halides is 3. The SMILES string of the molecule is CCOP(=O)(OCC)C(Nc1nc2ccccc2s1)(C(=O)OC)C(F)(F)F. The van der Waals surface area contributed by atoms with E-state index < -0.39 is 25.0 Å². The van der Waals surface area contributed by atoms with Gasteiger partial charge in [-0.1, -0.05) is 23.5 Å². The van der Waals surface area contributed by atoms with E-state index in [1.165, 1.54) is 13.8 Å². The molecule has 0 spiro atoms. The van der Waals surface area contributed by atoms with Crippen LogP contribution in [-0.2, 0) is 23.1 Å². The van der Waals surface area contributed by atoms with Crippen molar-refractivity contribution in [3.63, 3.8) is 0 Å². The van der Waals surface area contributed by atoms with Crippen molar-refractivity contribution in [1.82, 2.24) is 4.98 Å². The number of ether oxygens (including phenoxy) is 1. The Labute approximate surface area is 157 Å². The van der Waals surface area contributed by atoms with Crippen LogP contribution in [0.3, 0.4) is 0 Å². The van der Waals surface area contributed by atoms with E-state index in [0.717, 1.165) is 18.4 Å². The molecule has 1 aromatic heterocycles. The van der Waals surface area contributed by atoms with Crippen molar-refractivity contribution >= 4 is 40.3 Å². The van der Waals surface area contributed by atoms with E-state index in [4.69, 9.17) is 9.05 Å². The third-order valence-electron chi connectivity index (χ3n) is 3.48. The van der Waals surface area contributed by atoms with Gasteiger partial charge in [-0.05, 0) is 26.0 Å². The first-order chi connectivity index (χ1) is 12.6. The van der Waals surface area contributed by atoms with Gasteiger partial charge in [-0.25, -0.2) is 9.78 Å². The molecule has 1 heterocycles. The minimum Gasteiger partial charge on any atom is -0.467 e. The van der Waals surface area contributed by atoms with Gasteiger partial charge in [0.15, 0.2) is 5.13 Å². The highest BCUT2D eigenvalue weighted by molar-refractivity contribution is 7.57. The first-order valence-electron chi connectivity index (χ1n) is 7.83. The molecule has 0 fully saturated rings. The summed E-state index contributed by atoms with van der Waals surface area (Å²) in [6.45, 7) is 1.91. The van der Waals surface area contributed by atoms with Crippen molar-refractivity contribution in [1.29, 1.82) is 0 Å². The number of hydrogen-bond acceptors (Lipinski definition) is 8. The maximum Gasteiger partial charge on any atom is 0.434 e. The van der Waals surface area contributed by atoms with Crippen molar-refractivity contribution < 1.29 is 36.3 Å². The summed E-state index contributed by atoms with van der Waals surface area (Å²) < 4.78 is 70.3. The summed E-state index contributed by atoms with van der Waals surface area (Å²) in [5, 5.41) is -2.07. The Hall–Kier alpha value is -1.68.